The number of hydrogen-bond donors (Lipinski definition) is 2. The van der Waals surface area contributed by atoms with Gasteiger partial charge < -0.3 is 20.7 Å². The van der Waals surface area contributed by atoms with Crippen LogP contribution in [-0.2, 0) is 4.79 Å². The van der Waals surface area contributed by atoms with Crippen LogP contribution in [0.25, 0.3) is 0 Å². The van der Waals surface area contributed by atoms with E-state index in [2.05, 4.69) is 10.2 Å². The molecule has 1 aliphatic heterocycles. The Morgan fingerprint density at radius 1 is 1.43 bits per heavy atom. The second-order valence-electron chi connectivity index (χ2n) is 5.06. The average Bonchev–Trinajstić information content (AvgIpc) is 2.50. The number of carbonyl (C=O) groups is 1. The van der Waals surface area contributed by atoms with Crippen LogP contribution in [0.2, 0.25) is 0 Å². The van der Waals surface area contributed by atoms with Crippen LogP contribution in [0.5, 0.6) is 5.75 Å². The maximum atomic E-state index is 11.9. The summed E-state index contributed by atoms with van der Waals surface area (Å²) in [4.78, 5) is 14.4. The maximum absolute atomic E-state index is 11.9. The van der Waals surface area contributed by atoms with Crippen molar-refractivity contribution in [3.05, 3.63) is 18.2 Å². The van der Waals surface area contributed by atoms with Gasteiger partial charge >= 0.3 is 0 Å². The number of thioether (sulfide) groups is 1. The number of ether oxygens (including phenoxy) is 1. The first-order valence-corrected chi connectivity index (χ1v) is 8.38. The zero-order valence-electron chi connectivity index (χ0n) is 12.4. The summed E-state index contributed by atoms with van der Waals surface area (Å²) in [5, 5.41) is 2.86. The van der Waals surface area contributed by atoms with Gasteiger partial charge in [0.1, 0.15) is 5.75 Å². The van der Waals surface area contributed by atoms with Crippen molar-refractivity contribution >= 4 is 29.0 Å². The van der Waals surface area contributed by atoms with E-state index in [0.717, 1.165) is 26.1 Å². The molecule has 0 unspecified atom stereocenters. The van der Waals surface area contributed by atoms with Crippen LogP contribution in [-0.4, -0.2) is 49.1 Å². The molecule has 5 nitrogen and oxygen atoms in total. The third kappa shape index (κ3) is 5.13. The second-order valence-corrected chi connectivity index (χ2v) is 6.28. The smallest absolute Gasteiger partial charge is 0.224 e. The van der Waals surface area contributed by atoms with Gasteiger partial charge in [-0.05, 0) is 25.1 Å². The van der Waals surface area contributed by atoms with Gasteiger partial charge in [-0.3, -0.25) is 4.79 Å². The summed E-state index contributed by atoms with van der Waals surface area (Å²) >= 11 is 2.00. The van der Waals surface area contributed by atoms with Gasteiger partial charge in [-0.2, -0.15) is 11.8 Å². The number of amides is 1. The molecule has 1 aromatic carbocycles. The van der Waals surface area contributed by atoms with Crippen molar-refractivity contribution < 1.29 is 9.53 Å². The molecule has 3 N–H and O–H groups in total. The van der Waals surface area contributed by atoms with Gasteiger partial charge in [-0.15, -0.1) is 0 Å². The molecule has 0 radical (unpaired) electrons. The summed E-state index contributed by atoms with van der Waals surface area (Å²) in [6.45, 7) is 3.27. The van der Waals surface area contributed by atoms with Crippen molar-refractivity contribution in [3.63, 3.8) is 0 Å². The molecule has 1 aromatic rings. The van der Waals surface area contributed by atoms with Crippen molar-refractivity contribution in [1.82, 2.24) is 4.90 Å². The first-order chi connectivity index (χ1) is 10.2. The molecular weight excluding hydrogens is 286 g/mol. The highest BCUT2D eigenvalue weighted by Crippen LogP contribution is 2.24. The lowest BCUT2D eigenvalue weighted by Gasteiger charge is -2.25. The van der Waals surface area contributed by atoms with E-state index < -0.39 is 0 Å². The molecule has 0 aliphatic carbocycles. The molecule has 2 rings (SSSR count). The number of anilines is 2. The molecule has 116 valence electrons. The Bertz CT molecular complexity index is 476. The lowest BCUT2D eigenvalue weighted by atomic mass is 10.2. The number of benzene rings is 1. The highest BCUT2D eigenvalue weighted by Gasteiger charge is 2.11. The normalized spacial score (nSPS) is 15.7. The fourth-order valence-electron chi connectivity index (χ4n) is 2.28. The summed E-state index contributed by atoms with van der Waals surface area (Å²) in [5.74, 6) is 3.11. The van der Waals surface area contributed by atoms with Gasteiger partial charge in [0.15, 0.2) is 0 Å². The predicted molar refractivity (Wildman–Crippen MR) is 89.0 cm³/mol. The van der Waals surface area contributed by atoms with E-state index in [1.54, 1.807) is 25.3 Å². The molecule has 1 amide bonds. The van der Waals surface area contributed by atoms with Crippen molar-refractivity contribution in [2.24, 2.45) is 0 Å². The molecule has 1 saturated heterocycles. The Hall–Kier alpha value is -1.40. The number of nitrogens with two attached hydrogens (primary N) is 1. The number of nitrogens with one attached hydrogen (secondary N) is 1. The van der Waals surface area contributed by atoms with Gasteiger partial charge in [-0.1, -0.05) is 0 Å². The summed E-state index contributed by atoms with van der Waals surface area (Å²) in [5.41, 5.74) is 7.06. The molecule has 0 saturated carbocycles. The molecule has 1 fully saturated rings. The molecule has 0 aromatic heterocycles. The first kappa shape index (κ1) is 16.0. The Morgan fingerprint density at radius 3 is 2.86 bits per heavy atom. The largest absolute Gasteiger partial charge is 0.497 e. The summed E-state index contributed by atoms with van der Waals surface area (Å²) in [7, 11) is 1.59. The second kappa shape index (κ2) is 8.14. The molecule has 1 aliphatic rings. The lowest BCUT2D eigenvalue weighted by Crippen LogP contribution is -2.33. The molecule has 1 heterocycles. The molecular formula is C15H23N3O2S. The number of methoxy groups -OCH3 is 1. The van der Waals surface area contributed by atoms with Crippen LogP contribution in [0.15, 0.2) is 18.2 Å². The van der Waals surface area contributed by atoms with E-state index in [1.807, 2.05) is 11.8 Å². The maximum Gasteiger partial charge on any atom is 0.224 e. The van der Waals surface area contributed by atoms with E-state index in [4.69, 9.17) is 10.5 Å². The van der Waals surface area contributed by atoms with E-state index >= 15 is 0 Å². The molecule has 21 heavy (non-hydrogen) atoms. The third-order valence-electron chi connectivity index (χ3n) is 3.51. The summed E-state index contributed by atoms with van der Waals surface area (Å²) < 4.78 is 5.09. The molecule has 6 heteroatoms. The van der Waals surface area contributed by atoms with E-state index in [1.165, 1.54) is 11.5 Å². The van der Waals surface area contributed by atoms with Crippen molar-refractivity contribution in [1.29, 1.82) is 0 Å². The van der Waals surface area contributed by atoms with Crippen molar-refractivity contribution in [2.45, 2.75) is 12.8 Å². The van der Waals surface area contributed by atoms with Crippen LogP contribution < -0.4 is 15.8 Å². The molecule has 0 bridgehead atoms. The van der Waals surface area contributed by atoms with Crippen LogP contribution in [0.1, 0.15) is 12.8 Å². The number of rotatable bonds is 6. The number of carbonyl (C=O) groups excluding carboxylic acids is 1. The third-order valence-corrected chi connectivity index (χ3v) is 4.46. The predicted octanol–water partition coefficient (Wildman–Crippen LogP) is 2.04. The lowest BCUT2D eigenvalue weighted by molar-refractivity contribution is -0.116. The standard InChI is InChI=1S/C15H23N3O2S/c1-20-12-4-5-14(13(16)11-12)17-15(19)3-2-6-18-7-9-21-10-8-18/h4-5,11H,2-3,6-10,16H2,1H3,(H,17,19). The Labute approximate surface area is 130 Å². The van der Waals surface area contributed by atoms with Crippen LogP contribution >= 0.6 is 11.8 Å². The minimum absolute atomic E-state index is 0.0123. The van der Waals surface area contributed by atoms with Gasteiger partial charge in [0.05, 0.1) is 18.5 Å². The van der Waals surface area contributed by atoms with Crippen molar-refractivity contribution in [2.75, 3.05) is 49.3 Å². The van der Waals surface area contributed by atoms with Crippen LogP contribution in [0.4, 0.5) is 11.4 Å². The van der Waals surface area contributed by atoms with Gasteiger partial charge in [0.2, 0.25) is 5.91 Å². The van der Waals surface area contributed by atoms with E-state index in [-0.39, 0.29) is 5.91 Å². The molecule has 0 spiro atoms. The van der Waals surface area contributed by atoms with Gasteiger partial charge in [0, 0.05) is 37.1 Å². The number of hydrogen-bond acceptors (Lipinski definition) is 5. The fourth-order valence-corrected chi connectivity index (χ4v) is 3.26. The number of nitrogens with zero attached hydrogens (tertiary/aromatic N) is 1. The van der Waals surface area contributed by atoms with Crippen molar-refractivity contribution in [3.8, 4) is 5.75 Å². The first-order valence-electron chi connectivity index (χ1n) is 7.22. The topological polar surface area (TPSA) is 67.6 Å². The van der Waals surface area contributed by atoms with Crippen LogP contribution in [0.3, 0.4) is 0 Å². The Kier molecular flexibility index (Phi) is 6.20. The highest BCUT2D eigenvalue weighted by molar-refractivity contribution is 7.99. The fraction of sp³-hybridized carbons (Fsp3) is 0.533. The zero-order valence-corrected chi connectivity index (χ0v) is 13.2. The summed E-state index contributed by atoms with van der Waals surface area (Å²) in [6.07, 6.45) is 1.40. The number of nitrogen functional groups attached to an aromatic ring is 1. The highest BCUT2D eigenvalue weighted by atomic mass is 32.2. The van der Waals surface area contributed by atoms with E-state index in [0.29, 0.717) is 23.5 Å². The Balaban J connectivity index is 1.73. The SMILES string of the molecule is COc1ccc(NC(=O)CCCN2CCSCC2)c(N)c1. The quantitative estimate of drug-likeness (QED) is 0.787. The minimum atomic E-state index is 0.0123. The van der Waals surface area contributed by atoms with Gasteiger partial charge in [0.25, 0.3) is 0 Å². The van der Waals surface area contributed by atoms with E-state index in [9.17, 15) is 4.79 Å². The minimum Gasteiger partial charge on any atom is -0.497 e. The average molecular weight is 309 g/mol. The zero-order chi connectivity index (χ0) is 15.1. The Morgan fingerprint density at radius 2 is 2.19 bits per heavy atom. The monoisotopic (exact) mass is 309 g/mol. The van der Waals surface area contributed by atoms with Gasteiger partial charge in [-0.25, -0.2) is 0 Å². The van der Waals surface area contributed by atoms with Crippen LogP contribution in [0, 0.1) is 0 Å². The molecule has 0 atom stereocenters. The summed E-state index contributed by atoms with van der Waals surface area (Å²) in [6, 6.07) is 5.27.